The van der Waals surface area contributed by atoms with E-state index in [1.807, 2.05) is 0 Å². The second-order valence-corrected chi connectivity index (χ2v) is 3.83. The molecule has 1 aromatic rings. The average Bonchev–Trinajstić information content (AvgIpc) is 2.17. The minimum absolute atomic E-state index is 0.250. The molecule has 1 aliphatic carbocycles. The van der Waals surface area contributed by atoms with Crippen LogP contribution in [0.25, 0.3) is 0 Å². The summed E-state index contributed by atoms with van der Waals surface area (Å²) in [7, 11) is 0. The third-order valence-corrected chi connectivity index (χ3v) is 2.62. The van der Waals surface area contributed by atoms with Gasteiger partial charge in [0.15, 0.2) is 5.82 Å². The molecule has 0 bridgehead atoms. The van der Waals surface area contributed by atoms with Gasteiger partial charge >= 0.3 is 6.09 Å². The lowest BCUT2D eigenvalue weighted by Crippen LogP contribution is -2.34. The molecule has 1 saturated carbocycles. The molecule has 0 aliphatic heterocycles. The Morgan fingerprint density at radius 3 is 2.75 bits per heavy atom. The Balaban J connectivity index is 1.83. The van der Waals surface area contributed by atoms with Gasteiger partial charge < -0.3 is 10.4 Å². The van der Waals surface area contributed by atoms with Gasteiger partial charge in [-0.15, -0.1) is 0 Å². The van der Waals surface area contributed by atoms with Crippen molar-refractivity contribution in [1.29, 1.82) is 0 Å². The van der Waals surface area contributed by atoms with Gasteiger partial charge in [0.05, 0.1) is 18.1 Å². The molecule has 6 nitrogen and oxygen atoms in total. The molecule has 0 aromatic carbocycles. The lowest BCUT2D eigenvalue weighted by atomic mass is 9.93. The summed E-state index contributed by atoms with van der Waals surface area (Å²) in [6, 6.07) is 0.610. The zero-order valence-electron chi connectivity index (χ0n) is 8.81. The van der Waals surface area contributed by atoms with E-state index in [1.165, 1.54) is 25.5 Å². The molecule has 0 saturated heterocycles. The summed E-state index contributed by atoms with van der Waals surface area (Å²) in [5.74, 6) is 0.250. The third kappa shape index (κ3) is 2.90. The van der Waals surface area contributed by atoms with Crippen molar-refractivity contribution < 1.29 is 9.90 Å². The van der Waals surface area contributed by atoms with E-state index in [4.69, 9.17) is 5.11 Å². The first kappa shape index (κ1) is 10.8. The maximum absolute atomic E-state index is 10.3. The van der Waals surface area contributed by atoms with E-state index in [0.29, 0.717) is 12.6 Å². The van der Waals surface area contributed by atoms with Crippen molar-refractivity contribution in [2.24, 2.45) is 0 Å². The van der Waals surface area contributed by atoms with Gasteiger partial charge in [-0.2, -0.15) is 0 Å². The number of amides is 1. The number of carbonyl (C=O) groups is 1. The molecule has 0 radical (unpaired) electrons. The SMILES string of the molecule is O=C(O)Nc1cnc(CNC2CCC2)cn1. The van der Waals surface area contributed by atoms with Crippen LogP contribution in [0.1, 0.15) is 25.0 Å². The maximum atomic E-state index is 10.3. The number of nitrogens with zero attached hydrogens (tertiary/aromatic N) is 2. The van der Waals surface area contributed by atoms with Crippen molar-refractivity contribution in [2.45, 2.75) is 31.8 Å². The molecule has 0 atom stereocenters. The van der Waals surface area contributed by atoms with Crippen LogP contribution in [0, 0.1) is 0 Å². The first-order valence-electron chi connectivity index (χ1n) is 5.28. The van der Waals surface area contributed by atoms with Crippen LogP contribution in [0.4, 0.5) is 10.6 Å². The molecular formula is C10H14N4O2. The van der Waals surface area contributed by atoms with Crippen LogP contribution in [0.2, 0.25) is 0 Å². The maximum Gasteiger partial charge on any atom is 0.410 e. The molecular weight excluding hydrogens is 208 g/mol. The Bertz CT molecular complexity index is 362. The monoisotopic (exact) mass is 222 g/mol. The lowest BCUT2D eigenvalue weighted by Gasteiger charge is -2.26. The fourth-order valence-electron chi connectivity index (χ4n) is 1.48. The Morgan fingerprint density at radius 1 is 1.44 bits per heavy atom. The van der Waals surface area contributed by atoms with E-state index in [2.05, 4.69) is 20.6 Å². The Kier molecular flexibility index (Phi) is 3.31. The second-order valence-electron chi connectivity index (χ2n) is 3.83. The van der Waals surface area contributed by atoms with Crippen LogP contribution in [0.3, 0.4) is 0 Å². The number of anilines is 1. The van der Waals surface area contributed by atoms with E-state index in [9.17, 15) is 4.79 Å². The molecule has 3 N–H and O–H groups in total. The number of hydrogen-bond donors (Lipinski definition) is 3. The summed E-state index contributed by atoms with van der Waals surface area (Å²) < 4.78 is 0. The first-order valence-corrected chi connectivity index (χ1v) is 5.28. The quantitative estimate of drug-likeness (QED) is 0.712. The molecule has 1 aliphatic rings. The van der Waals surface area contributed by atoms with Gasteiger partial charge in [0.25, 0.3) is 0 Å². The van der Waals surface area contributed by atoms with Crippen molar-refractivity contribution in [3.8, 4) is 0 Å². The predicted molar refractivity (Wildman–Crippen MR) is 58.2 cm³/mol. The second kappa shape index (κ2) is 4.89. The van der Waals surface area contributed by atoms with E-state index in [0.717, 1.165) is 5.69 Å². The summed E-state index contributed by atoms with van der Waals surface area (Å²) in [6.07, 6.45) is 5.63. The number of nitrogens with one attached hydrogen (secondary N) is 2. The Hall–Kier alpha value is -1.69. The van der Waals surface area contributed by atoms with Gasteiger partial charge in [0, 0.05) is 12.6 Å². The summed E-state index contributed by atoms with van der Waals surface area (Å²) in [4.78, 5) is 18.4. The van der Waals surface area contributed by atoms with Gasteiger partial charge in [0.2, 0.25) is 0 Å². The summed E-state index contributed by atoms with van der Waals surface area (Å²) in [6.45, 7) is 0.686. The molecule has 1 heterocycles. The molecule has 2 rings (SSSR count). The average molecular weight is 222 g/mol. The minimum atomic E-state index is -1.13. The van der Waals surface area contributed by atoms with Crippen molar-refractivity contribution in [3.63, 3.8) is 0 Å². The zero-order valence-corrected chi connectivity index (χ0v) is 8.81. The summed E-state index contributed by atoms with van der Waals surface area (Å²) >= 11 is 0. The third-order valence-electron chi connectivity index (χ3n) is 2.62. The fourth-order valence-corrected chi connectivity index (χ4v) is 1.48. The van der Waals surface area contributed by atoms with Crippen molar-refractivity contribution in [1.82, 2.24) is 15.3 Å². The fraction of sp³-hybridized carbons (Fsp3) is 0.500. The number of rotatable bonds is 4. The molecule has 86 valence electrons. The number of carboxylic acid groups (broad SMARTS) is 1. The number of aromatic nitrogens is 2. The molecule has 1 amide bonds. The highest BCUT2D eigenvalue weighted by atomic mass is 16.4. The minimum Gasteiger partial charge on any atom is -0.465 e. The Labute approximate surface area is 93.1 Å². The molecule has 6 heteroatoms. The van der Waals surface area contributed by atoms with E-state index >= 15 is 0 Å². The highest BCUT2D eigenvalue weighted by Crippen LogP contribution is 2.18. The standard InChI is InChI=1S/C10H14N4O2/c15-10(16)14-9-6-12-8(5-13-9)4-11-7-2-1-3-7/h5-7,11H,1-4H2,(H,13,14)(H,15,16). The summed E-state index contributed by atoms with van der Waals surface area (Å²) in [5, 5.41) is 14.0. The smallest absolute Gasteiger partial charge is 0.410 e. The molecule has 1 fully saturated rings. The lowest BCUT2D eigenvalue weighted by molar-refractivity contribution is 0.209. The largest absolute Gasteiger partial charge is 0.465 e. The predicted octanol–water partition coefficient (Wildman–Crippen LogP) is 1.21. The van der Waals surface area contributed by atoms with Gasteiger partial charge in [-0.1, -0.05) is 6.42 Å². The van der Waals surface area contributed by atoms with Crippen LogP contribution in [0.15, 0.2) is 12.4 Å². The van der Waals surface area contributed by atoms with E-state index in [1.54, 1.807) is 6.20 Å². The van der Waals surface area contributed by atoms with Crippen LogP contribution in [-0.2, 0) is 6.54 Å². The molecule has 0 unspecified atom stereocenters. The molecule has 16 heavy (non-hydrogen) atoms. The van der Waals surface area contributed by atoms with Crippen molar-refractivity contribution in [3.05, 3.63) is 18.1 Å². The van der Waals surface area contributed by atoms with E-state index in [-0.39, 0.29) is 5.82 Å². The van der Waals surface area contributed by atoms with Crippen LogP contribution >= 0.6 is 0 Å². The highest BCUT2D eigenvalue weighted by Gasteiger charge is 2.16. The molecule has 0 spiro atoms. The van der Waals surface area contributed by atoms with Gasteiger partial charge in [-0.25, -0.2) is 9.78 Å². The number of hydrogen-bond acceptors (Lipinski definition) is 4. The van der Waals surface area contributed by atoms with Gasteiger partial charge in [-0.3, -0.25) is 10.3 Å². The topological polar surface area (TPSA) is 87.1 Å². The normalized spacial score (nSPS) is 15.5. The van der Waals surface area contributed by atoms with Crippen LogP contribution in [0.5, 0.6) is 0 Å². The van der Waals surface area contributed by atoms with Crippen molar-refractivity contribution in [2.75, 3.05) is 5.32 Å². The Morgan fingerprint density at radius 2 is 2.25 bits per heavy atom. The van der Waals surface area contributed by atoms with Crippen LogP contribution < -0.4 is 10.6 Å². The van der Waals surface area contributed by atoms with Crippen molar-refractivity contribution >= 4 is 11.9 Å². The van der Waals surface area contributed by atoms with Crippen LogP contribution in [-0.4, -0.2) is 27.2 Å². The van der Waals surface area contributed by atoms with Gasteiger partial charge in [0.1, 0.15) is 0 Å². The van der Waals surface area contributed by atoms with E-state index < -0.39 is 6.09 Å². The van der Waals surface area contributed by atoms with Gasteiger partial charge in [-0.05, 0) is 12.8 Å². The zero-order chi connectivity index (χ0) is 11.4. The molecule has 1 aromatic heterocycles. The first-order chi connectivity index (χ1) is 7.74. The summed E-state index contributed by atoms with van der Waals surface area (Å²) in [5.41, 5.74) is 0.822. The highest BCUT2D eigenvalue weighted by molar-refractivity contribution is 5.80.